The van der Waals surface area contributed by atoms with E-state index in [1.165, 1.54) is 122 Å². The van der Waals surface area contributed by atoms with Crippen molar-refractivity contribution in [3.63, 3.8) is 0 Å². The van der Waals surface area contributed by atoms with E-state index in [1.54, 1.807) is 0 Å². The minimum absolute atomic E-state index is 0.241. The Morgan fingerprint density at radius 2 is 0.981 bits per heavy atom. The van der Waals surface area contributed by atoms with Crippen LogP contribution in [-0.2, 0) is 19.1 Å². The maximum absolute atomic E-state index is 13.7. The number of hydrogen-bond acceptors (Lipinski definition) is 5. The number of ether oxygens (including phenoxy) is 1. The summed E-state index contributed by atoms with van der Waals surface area (Å²) in [6, 6.07) is 0.250. The summed E-state index contributed by atoms with van der Waals surface area (Å²) in [7, 11) is 4.21. The standard InChI is InChI=1S/C47H92N2O4/c1-6-9-12-15-18-21-30-38-47(52)49(40-32-39-48(4)5)45(35-27-22-23-31-41-50)36-28-24-29-37-46(51)43-53-42-44(33-25-19-16-13-10-7-2)34-26-20-17-14-11-8-3/h41,44-45H,6-40,42-43H2,1-5H3. The summed E-state index contributed by atoms with van der Waals surface area (Å²) >= 11 is 0. The number of carbonyl (C=O) groups excluding carboxylic acids is 3. The quantitative estimate of drug-likeness (QED) is 0.0459. The summed E-state index contributed by atoms with van der Waals surface area (Å²) < 4.78 is 6.07. The van der Waals surface area contributed by atoms with E-state index in [0.29, 0.717) is 31.1 Å². The number of aldehydes is 1. The lowest BCUT2D eigenvalue weighted by atomic mass is 9.94. The first kappa shape index (κ1) is 51.7. The monoisotopic (exact) mass is 749 g/mol. The van der Waals surface area contributed by atoms with Crippen molar-refractivity contribution in [3.05, 3.63) is 0 Å². The fourth-order valence-electron chi connectivity index (χ4n) is 7.71. The molecule has 0 aromatic heterocycles. The van der Waals surface area contributed by atoms with Crippen molar-refractivity contribution < 1.29 is 19.1 Å². The van der Waals surface area contributed by atoms with Gasteiger partial charge in [0, 0.05) is 38.5 Å². The van der Waals surface area contributed by atoms with Crippen LogP contribution in [0.5, 0.6) is 0 Å². The Bertz CT molecular complexity index is 787. The lowest BCUT2D eigenvalue weighted by Crippen LogP contribution is -2.41. The molecule has 1 atom stereocenters. The summed E-state index contributed by atoms with van der Waals surface area (Å²) in [5.41, 5.74) is 0. The summed E-state index contributed by atoms with van der Waals surface area (Å²) in [4.78, 5) is 41.8. The van der Waals surface area contributed by atoms with Gasteiger partial charge in [-0.15, -0.1) is 0 Å². The zero-order chi connectivity index (χ0) is 39.0. The van der Waals surface area contributed by atoms with Gasteiger partial charge < -0.3 is 19.3 Å². The normalized spacial score (nSPS) is 12.2. The molecule has 0 aliphatic carbocycles. The maximum Gasteiger partial charge on any atom is 0.222 e. The van der Waals surface area contributed by atoms with Crippen LogP contribution in [0.4, 0.5) is 0 Å². The number of hydrogen-bond donors (Lipinski definition) is 0. The van der Waals surface area contributed by atoms with E-state index in [-0.39, 0.29) is 18.4 Å². The maximum atomic E-state index is 13.7. The molecule has 0 spiro atoms. The molecule has 0 aromatic rings. The largest absolute Gasteiger partial charge is 0.373 e. The third-order valence-electron chi connectivity index (χ3n) is 11.2. The van der Waals surface area contributed by atoms with Crippen molar-refractivity contribution in [2.45, 2.75) is 239 Å². The molecule has 0 N–H and O–H groups in total. The van der Waals surface area contributed by atoms with E-state index in [2.05, 4.69) is 44.7 Å². The minimum Gasteiger partial charge on any atom is -0.373 e. The van der Waals surface area contributed by atoms with Crippen molar-refractivity contribution >= 4 is 18.0 Å². The van der Waals surface area contributed by atoms with Crippen LogP contribution >= 0.6 is 0 Å². The van der Waals surface area contributed by atoms with E-state index in [1.807, 2.05) is 0 Å². The van der Waals surface area contributed by atoms with E-state index < -0.39 is 0 Å². The molecule has 0 saturated heterocycles. The number of rotatable bonds is 43. The second kappa shape index (κ2) is 40.4. The first-order chi connectivity index (χ1) is 25.9. The average Bonchev–Trinajstić information content (AvgIpc) is 3.14. The molecule has 0 aromatic carbocycles. The lowest BCUT2D eigenvalue weighted by molar-refractivity contribution is -0.134. The molecule has 0 aliphatic heterocycles. The third-order valence-corrected chi connectivity index (χ3v) is 11.2. The van der Waals surface area contributed by atoms with Gasteiger partial charge in [0.1, 0.15) is 12.9 Å². The highest BCUT2D eigenvalue weighted by atomic mass is 16.5. The molecule has 314 valence electrons. The third kappa shape index (κ3) is 34.9. The fraction of sp³-hybridized carbons (Fsp3) is 0.936. The van der Waals surface area contributed by atoms with Gasteiger partial charge in [-0.3, -0.25) is 9.59 Å². The van der Waals surface area contributed by atoms with Crippen molar-refractivity contribution in [2.75, 3.05) is 40.4 Å². The zero-order valence-electron chi connectivity index (χ0n) is 36.4. The number of amides is 1. The predicted molar refractivity (Wildman–Crippen MR) is 229 cm³/mol. The minimum atomic E-state index is 0.241. The smallest absolute Gasteiger partial charge is 0.222 e. The van der Waals surface area contributed by atoms with Crippen molar-refractivity contribution in [3.8, 4) is 0 Å². The van der Waals surface area contributed by atoms with Crippen LogP contribution in [0.25, 0.3) is 0 Å². The van der Waals surface area contributed by atoms with Crippen LogP contribution in [0.1, 0.15) is 233 Å². The highest BCUT2D eigenvalue weighted by Crippen LogP contribution is 2.22. The van der Waals surface area contributed by atoms with Gasteiger partial charge >= 0.3 is 0 Å². The fourth-order valence-corrected chi connectivity index (χ4v) is 7.71. The van der Waals surface area contributed by atoms with Gasteiger partial charge in [-0.05, 0) is 77.9 Å². The molecule has 1 unspecified atom stereocenters. The Kier molecular flexibility index (Phi) is 39.4. The molecule has 0 heterocycles. The molecule has 0 saturated carbocycles. The van der Waals surface area contributed by atoms with Crippen molar-refractivity contribution in [1.82, 2.24) is 9.80 Å². The van der Waals surface area contributed by atoms with E-state index in [9.17, 15) is 14.4 Å². The van der Waals surface area contributed by atoms with Crippen LogP contribution in [0.3, 0.4) is 0 Å². The Labute approximate surface area is 331 Å². The summed E-state index contributed by atoms with van der Waals surface area (Å²) in [5, 5.41) is 0. The number of nitrogens with zero attached hydrogens (tertiary/aromatic N) is 2. The predicted octanol–water partition coefficient (Wildman–Crippen LogP) is 13.1. The topological polar surface area (TPSA) is 66.9 Å². The molecule has 0 rings (SSSR count). The molecule has 0 aliphatic rings. The van der Waals surface area contributed by atoms with Gasteiger partial charge in [-0.1, -0.05) is 162 Å². The summed E-state index contributed by atoms with van der Waals surface area (Å²) in [6.07, 6.45) is 38.9. The van der Waals surface area contributed by atoms with Gasteiger partial charge in [-0.2, -0.15) is 0 Å². The summed E-state index contributed by atoms with van der Waals surface area (Å²) in [5.74, 6) is 1.16. The average molecular weight is 749 g/mol. The first-order valence-corrected chi connectivity index (χ1v) is 23.4. The Balaban J connectivity index is 4.90. The SMILES string of the molecule is CCCCCCCCCC(=O)N(CCCN(C)C)C(CCCCCC=O)CCCCCC(=O)COCC(CCCCCCCC)CCCCCCCC. The summed E-state index contributed by atoms with van der Waals surface area (Å²) in [6.45, 7) is 9.61. The van der Waals surface area contributed by atoms with Gasteiger partial charge in [0.05, 0.1) is 0 Å². The second-order valence-corrected chi connectivity index (χ2v) is 16.7. The van der Waals surface area contributed by atoms with Crippen LogP contribution in [-0.4, -0.2) is 74.2 Å². The highest BCUT2D eigenvalue weighted by Gasteiger charge is 2.23. The van der Waals surface area contributed by atoms with Crippen LogP contribution in [0.2, 0.25) is 0 Å². The lowest BCUT2D eigenvalue weighted by Gasteiger charge is -2.33. The number of carbonyl (C=O) groups is 3. The van der Waals surface area contributed by atoms with Gasteiger partial charge in [0.2, 0.25) is 5.91 Å². The second-order valence-electron chi connectivity index (χ2n) is 16.7. The van der Waals surface area contributed by atoms with Crippen LogP contribution < -0.4 is 0 Å². The number of ketones is 1. The van der Waals surface area contributed by atoms with E-state index in [0.717, 1.165) is 96.6 Å². The molecule has 6 heteroatoms. The van der Waals surface area contributed by atoms with Gasteiger partial charge in [0.15, 0.2) is 5.78 Å². The van der Waals surface area contributed by atoms with E-state index >= 15 is 0 Å². The first-order valence-electron chi connectivity index (χ1n) is 23.4. The Morgan fingerprint density at radius 3 is 1.51 bits per heavy atom. The van der Waals surface area contributed by atoms with Crippen LogP contribution in [0, 0.1) is 5.92 Å². The molecular weight excluding hydrogens is 657 g/mol. The molecule has 53 heavy (non-hydrogen) atoms. The molecule has 1 amide bonds. The number of Topliss-reactive ketones (excluding diaryl/α,β-unsaturated/α-hetero) is 1. The molecular formula is C47H92N2O4. The molecule has 0 radical (unpaired) electrons. The van der Waals surface area contributed by atoms with Crippen molar-refractivity contribution in [1.29, 1.82) is 0 Å². The van der Waals surface area contributed by atoms with Gasteiger partial charge in [-0.25, -0.2) is 0 Å². The zero-order valence-corrected chi connectivity index (χ0v) is 36.4. The Hall–Kier alpha value is -1.27. The molecule has 0 bridgehead atoms. The van der Waals surface area contributed by atoms with Crippen molar-refractivity contribution in [2.24, 2.45) is 5.92 Å². The van der Waals surface area contributed by atoms with Gasteiger partial charge in [0.25, 0.3) is 0 Å². The Morgan fingerprint density at radius 1 is 0.528 bits per heavy atom. The number of unbranched alkanes of at least 4 members (excludes halogenated alkanes) is 21. The highest BCUT2D eigenvalue weighted by molar-refractivity contribution is 5.79. The van der Waals surface area contributed by atoms with E-state index in [4.69, 9.17) is 4.74 Å². The van der Waals surface area contributed by atoms with Crippen LogP contribution in [0.15, 0.2) is 0 Å². The molecule has 0 fully saturated rings. The molecule has 6 nitrogen and oxygen atoms in total.